The van der Waals surface area contributed by atoms with Crippen molar-refractivity contribution in [3.63, 3.8) is 0 Å². The maximum Gasteiger partial charge on any atom is 0.339 e. The molecular formula is C39H52N2O11. The Labute approximate surface area is 304 Å². The number of aliphatic hydroxyl groups excluding tert-OH is 2. The second-order valence-electron chi connectivity index (χ2n) is 15.4. The molecule has 0 aromatic heterocycles. The van der Waals surface area contributed by atoms with E-state index in [9.17, 15) is 24.3 Å². The van der Waals surface area contributed by atoms with Crippen molar-refractivity contribution < 1.29 is 53.1 Å². The Balaban J connectivity index is 1.18. The SMILES string of the molecule is CC(C)(C)OC(=O)CC[C@@H](CO)NC(=O)[C@H]1CCCN1C(=O)C1=C[C@H]2OC(C3CC3)(C3CC3)O[C@H]2[C@H](OC(=O)c2ccccc2C=COCCO)C1. The molecule has 2 saturated carbocycles. The summed E-state index contributed by atoms with van der Waals surface area (Å²) >= 11 is 0. The number of ether oxygens (including phenoxy) is 5. The van der Waals surface area contributed by atoms with E-state index in [0.29, 0.717) is 36.1 Å². The maximum atomic E-state index is 14.3. The first-order valence-corrected chi connectivity index (χ1v) is 18.6. The van der Waals surface area contributed by atoms with Crippen LogP contribution in [0.15, 0.2) is 42.2 Å². The van der Waals surface area contributed by atoms with Gasteiger partial charge in [-0.25, -0.2) is 4.79 Å². The van der Waals surface area contributed by atoms with Crippen molar-refractivity contribution in [2.45, 2.75) is 120 Å². The molecule has 4 fully saturated rings. The number of hydrogen-bond donors (Lipinski definition) is 3. The second-order valence-corrected chi connectivity index (χ2v) is 15.4. The predicted molar refractivity (Wildman–Crippen MR) is 187 cm³/mol. The number of aliphatic hydroxyl groups is 2. The van der Waals surface area contributed by atoms with Gasteiger partial charge in [0, 0.05) is 36.8 Å². The van der Waals surface area contributed by atoms with Gasteiger partial charge >= 0.3 is 11.9 Å². The molecule has 2 saturated heterocycles. The zero-order chi connectivity index (χ0) is 37.0. The van der Waals surface area contributed by atoms with Gasteiger partial charge in [-0.3, -0.25) is 14.4 Å². The zero-order valence-electron chi connectivity index (χ0n) is 30.3. The molecule has 0 spiro atoms. The molecule has 2 amide bonds. The van der Waals surface area contributed by atoms with Crippen LogP contribution >= 0.6 is 0 Å². The van der Waals surface area contributed by atoms with Gasteiger partial charge in [0.05, 0.1) is 31.1 Å². The minimum atomic E-state index is -0.829. The molecule has 3 aliphatic carbocycles. The largest absolute Gasteiger partial charge is 0.499 e. The quantitative estimate of drug-likeness (QED) is 0.138. The summed E-state index contributed by atoms with van der Waals surface area (Å²) in [5, 5.41) is 21.8. The predicted octanol–water partition coefficient (Wildman–Crippen LogP) is 3.41. The van der Waals surface area contributed by atoms with E-state index >= 15 is 0 Å². The molecular weight excluding hydrogens is 672 g/mol. The molecule has 52 heavy (non-hydrogen) atoms. The molecule has 13 heteroatoms. The van der Waals surface area contributed by atoms with Gasteiger partial charge in [-0.1, -0.05) is 18.2 Å². The minimum absolute atomic E-state index is 0.0230. The number of fused-ring (bicyclic) bond motifs is 1. The highest BCUT2D eigenvalue weighted by Crippen LogP contribution is 2.59. The summed E-state index contributed by atoms with van der Waals surface area (Å²) in [6.45, 7) is 5.29. The van der Waals surface area contributed by atoms with Gasteiger partial charge in [-0.15, -0.1) is 0 Å². The molecule has 13 nitrogen and oxygen atoms in total. The fourth-order valence-electron chi connectivity index (χ4n) is 7.49. The lowest BCUT2D eigenvalue weighted by Gasteiger charge is -2.33. The summed E-state index contributed by atoms with van der Waals surface area (Å²) in [6.07, 6.45) is 8.10. The number of esters is 2. The first-order chi connectivity index (χ1) is 24.9. The highest BCUT2D eigenvalue weighted by atomic mass is 16.8. The molecule has 0 unspecified atom stereocenters. The number of benzene rings is 1. The molecule has 0 bridgehead atoms. The van der Waals surface area contributed by atoms with Crippen LogP contribution in [0.25, 0.3) is 6.08 Å². The molecule has 3 N–H and O–H groups in total. The van der Waals surface area contributed by atoms with Crippen LogP contribution in [0, 0.1) is 11.8 Å². The van der Waals surface area contributed by atoms with Crippen molar-refractivity contribution in [3.8, 4) is 0 Å². The van der Waals surface area contributed by atoms with Crippen LogP contribution in [-0.4, -0.2) is 107 Å². The first kappa shape index (κ1) is 38.0. The van der Waals surface area contributed by atoms with Gasteiger partial charge in [0.1, 0.15) is 36.6 Å². The molecule has 5 atom stereocenters. The number of carbonyl (C=O) groups excluding carboxylic acids is 4. The first-order valence-electron chi connectivity index (χ1n) is 18.6. The second kappa shape index (κ2) is 16.1. The molecule has 2 heterocycles. The molecule has 0 radical (unpaired) electrons. The number of amides is 2. The van der Waals surface area contributed by atoms with Crippen molar-refractivity contribution in [2.75, 3.05) is 26.4 Å². The summed E-state index contributed by atoms with van der Waals surface area (Å²) in [5.74, 6) is -2.02. The van der Waals surface area contributed by atoms with Gasteiger partial charge in [-0.05, 0) is 89.5 Å². The Hall–Kier alpha value is -3.78. The summed E-state index contributed by atoms with van der Waals surface area (Å²) in [6, 6.07) is 5.48. The number of hydrogen-bond acceptors (Lipinski definition) is 11. The highest BCUT2D eigenvalue weighted by molar-refractivity contribution is 5.98. The summed E-state index contributed by atoms with van der Waals surface area (Å²) in [7, 11) is 0. The van der Waals surface area contributed by atoms with Gasteiger partial charge in [0.15, 0.2) is 5.79 Å². The summed E-state index contributed by atoms with van der Waals surface area (Å²) in [4.78, 5) is 55.4. The van der Waals surface area contributed by atoms with Gasteiger partial charge < -0.3 is 44.1 Å². The average molecular weight is 725 g/mol. The van der Waals surface area contributed by atoms with Crippen molar-refractivity contribution in [1.29, 1.82) is 0 Å². The van der Waals surface area contributed by atoms with Crippen molar-refractivity contribution in [2.24, 2.45) is 11.8 Å². The normalized spacial score (nSPS) is 26.0. The third-order valence-corrected chi connectivity index (χ3v) is 10.2. The third kappa shape index (κ3) is 8.87. The molecule has 284 valence electrons. The number of likely N-dealkylation sites (tertiary alicyclic amines) is 1. The monoisotopic (exact) mass is 724 g/mol. The lowest BCUT2D eigenvalue weighted by atomic mass is 9.91. The fourth-order valence-corrected chi connectivity index (χ4v) is 7.49. The number of rotatable bonds is 15. The number of carbonyl (C=O) groups is 4. The van der Waals surface area contributed by atoms with Crippen LogP contribution in [0.3, 0.4) is 0 Å². The van der Waals surface area contributed by atoms with Crippen molar-refractivity contribution in [1.82, 2.24) is 10.2 Å². The van der Waals surface area contributed by atoms with E-state index < -0.39 is 59.6 Å². The zero-order valence-corrected chi connectivity index (χ0v) is 30.3. The number of nitrogens with one attached hydrogen (secondary N) is 1. The number of nitrogens with zero attached hydrogens (tertiary/aromatic N) is 1. The molecule has 6 rings (SSSR count). The van der Waals surface area contributed by atoms with Crippen molar-refractivity contribution in [3.05, 3.63) is 53.3 Å². The Morgan fingerprint density at radius 1 is 1.06 bits per heavy atom. The van der Waals surface area contributed by atoms with E-state index in [4.69, 9.17) is 28.8 Å². The molecule has 2 aliphatic heterocycles. The van der Waals surface area contributed by atoms with Gasteiger partial charge in [0.25, 0.3) is 0 Å². The summed E-state index contributed by atoms with van der Waals surface area (Å²) < 4.78 is 30.3. The van der Waals surface area contributed by atoms with Gasteiger partial charge in [0.2, 0.25) is 11.8 Å². The highest BCUT2D eigenvalue weighted by Gasteiger charge is 2.64. The van der Waals surface area contributed by atoms with Crippen LogP contribution in [0.4, 0.5) is 0 Å². The average Bonchev–Trinajstić information content (AvgIpc) is 4.06. The van der Waals surface area contributed by atoms with Crippen LogP contribution in [0.2, 0.25) is 0 Å². The van der Waals surface area contributed by atoms with Crippen molar-refractivity contribution >= 4 is 29.8 Å². The minimum Gasteiger partial charge on any atom is -0.499 e. The van der Waals surface area contributed by atoms with E-state index in [-0.39, 0.29) is 56.8 Å². The Morgan fingerprint density at radius 3 is 2.46 bits per heavy atom. The Morgan fingerprint density at radius 2 is 1.79 bits per heavy atom. The molecule has 1 aromatic carbocycles. The summed E-state index contributed by atoms with van der Waals surface area (Å²) in [5.41, 5.74) is 0.618. The molecule has 5 aliphatic rings. The van der Waals surface area contributed by atoms with Crippen LogP contribution in [0.1, 0.15) is 94.5 Å². The smallest absolute Gasteiger partial charge is 0.339 e. The Kier molecular flexibility index (Phi) is 11.7. The van der Waals surface area contributed by atoms with E-state index in [1.807, 2.05) is 0 Å². The maximum absolute atomic E-state index is 14.3. The third-order valence-electron chi connectivity index (χ3n) is 10.2. The van der Waals surface area contributed by atoms with E-state index in [0.717, 1.165) is 25.7 Å². The van der Waals surface area contributed by atoms with E-state index in [2.05, 4.69) is 5.32 Å². The van der Waals surface area contributed by atoms with E-state index in [1.165, 1.54) is 6.26 Å². The Bertz CT molecular complexity index is 1530. The molecule has 1 aromatic rings. The standard InChI is InChI=1S/C39H52N2O11/c1-38(2,3)51-33(44)15-14-28(23-43)40-35(45)30-9-6-17-41(30)36(46)25-21-31(34-32(22-25)50-39(52-34,26-10-11-26)27-12-13-27)49-37(47)29-8-5-4-7-24(29)16-19-48-20-18-42/h4-5,7-8,16,19,22,26-28,30-32,34,42-43H,6,9-15,17-18,20-21,23H2,1-3H3,(H,40,45)/t28-,30+,31+,32+,34-/m0/s1. The lowest BCUT2D eigenvalue weighted by molar-refractivity contribution is -0.209. The van der Waals surface area contributed by atoms with Gasteiger partial charge in [-0.2, -0.15) is 0 Å². The van der Waals surface area contributed by atoms with E-state index in [1.54, 1.807) is 62.1 Å². The fraction of sp³-hybridized carbons (Fsp3) is 0.641. The topological polar surface area (TPSA) is 170 Å². The van der Waals surface area contributed by atoms with Crippen LogP contribution in [0.5, 0.6) is 0 Å². The van der Waals surface area contributed by atoms with Crippen LogP contribution < -0.4 is 5.32 Å². The van der Waals surface area contributed by atoms with Crippen LogP contribution in [-0.2, 0) is 38.1 Å². The lowest BCUT2D eigenvalue weighted by Crippen LogP contribution is -2.51.